The van der Waals surface area contributed by atoms with Crippen LogP contribution in [0.2, 0.25) is 0 Å². The van der Waals surface area contributed by atoms with Gasteiger partial charge < -0.3 is 14.2 Å². The molecule has 1 heterocycles. The standard InChI is InChI=1S/C18H18O3/c1-12-9-14-10-16(19-2)17(20-3)11-15(14)18(21-12)13-7-5-4-6-8-13/h4-11,18H,1-3H3. The molecule has 0 aromatic heterocycles. The van der Waals surface area contributed by atoms with Gasteiger partial charge in [0.15, 0.2) is 11.5 Å². The van der Waals surface area contributed by atoms with Crippen LogP contribution in [0.1, 0.15) is 29.7 Å². The van der Waals surface area contributed by atoms with Crippen LogP contribution < -0.4 is 9.47 Å². The third-order valence-electron chi connectivity index (χ3n) is 3.64. The van der Waals surface area contributed by atoms with E-state index in [4.69, 9.17) is 14.2 Å². The molecule has 0 bridgehead atoms. The third kappa shape index (κ3) is 2.47. The van der Waals surface area contributed by atoms with Crippen LogP contribution in [0.25, 0.3) is 6.08 Å². The van der Waals surface area contributed by atoms with E-state index in [0.29, 0.717) is 5.75 Å². The van der Waals surface area contributed by atoms with Crippen LogP contribution in [0.4, 0.5) is 0 Å². The van der Waals surface area contributed by atoms with Crippen molar-refractivity contribution in [3.05, 3.63) is 64.9 Å². The molecule has 0 N–H and O–H groups in total. The zero-order chi connectivity index (χ0) is 14.8. The molecule has 108 valence electrons. The molecular weight excluding hydrogens is 264 g/mol. The van der Waals surface area contributed by atoms with E-state index < -0.39 is 0 Å². The Kier molecular flexibility index (Phi) is 3.57. The fourth-order valence-electron chi connectivity index (χ4n) is 2.64. The van der Waals surface area contributed by atoms with Crippen molar-refractivity contribution in [2.45, 2.75) is 13.0 Å². The molecule has 3 nitrogen and oxygen atoms in total. The van der Waals surface area contributed by atoms with Crippen molar-refractivity contribution in [1.82, 2.24) is 0 Å². The summed E-state index contributed by atoms with van der Waals surface area (Å²) in [7, 11) is 3.29. The van der Waals surface area contributed by atoms with E-state index >= 15 is 0 Å². The molecule has 0 amide bonds. The first kappa shape index (κ1) is 13.6. The summed E-state index contributed by atoms with van der Waals surface area (Å²) in [5.74, 6) is 2.34. The van der Waals surface area contributed by atoms with E-state index in [0.717, 1.165) is 28.2 Å². The van der Waals surface area contributed by atoms with Crippen molar-refractivity contribution in [1.29, 1.82) is 0 Å². The number of ether oxygens (including phenoxy) is 3. The first-order chi connectivity index (χ1) is 10.2. The van der Waals surface area contributed by atoms with Gasteiger partial charge in [0.05, 0.1) is 20.0 Å². The minimum atomic E-state index is -0.119. The van der Waals surface area contributed by atoms with E-state index in [1.807, 2.05) is 43.3 Å². The Hall–Kier alpha value is -2.42. The molecular formula is C18H18O3. The first-order valence-electron chi connectivity index (χ1n) is 6.88. The zero-order valence-electron chi connectivity index (χ0n) is 12.4. The van der Waals surface area contributed by atoms with Gasteiger partial charge in [-0.25, -0.2) is 0 Å². The molecule has 1 aliphatic heterocycles. The summed E-state index contributed by atoms with van der Waals surface area (Å²) in [6.07, 6.45) is 1.91. The molecule has 0 saturated heterocycles. The lowest BCUT2D eigenvalue weighted by molar-refractivity contribution is 0.149. The normalized spacial score (nSPS) is 16.5. The van der Waals surface area contributed by atoms with Gasteiger partial charge in [0.25, 0.3) is 0 Å². The Balaban J connectivity index is 2.15. The SMILES string of the molecule is COc1cc2c(cc1OC)C(c1ccccc1)OC(C)=C2. The molecule has 0 aliphatic carbocycles. The summed E-state index contributed by atoms with van der Waals surface area (Å²) < 4.78 is 16.8. The predicted molar refractivity (Wildman–Crippen MR) is 82.6 cm³/mol. The van der Waals surface area contributed by atoms with E-state index in [1.165, 1.54) is 0 Å². The minimum absolute atomic E-state index is 0.119. The molecule has 3 rings (SSSR count). The Morgan fingerprint density at radius 2 is 1.62 bits per heavy atom. The molecule has 0 fully saturated rings. The monoisotopic (exact) mass is 282 g/mol. The molecule has 1 aliphatic rings. The van der Waals surface area contributed by atoms with Crippen LogP contribution >= 0.6 is 0 Å². The fourth-order valence-corrected chi connectivity index (χ4v) is 2.64. The molecule has 0 saturated carbocycles. The highest BCUT2D eigenvalue weighted by atomic mass is 16.5. The maximum Gasteiger partial charge on any atom is 0.161 e. The van der Waals surface area contributed by atoms with Gasteiger partial charge in [0, 0.05) is 5.56 Å². The van der Waals surface area contributed by atoms with Crippen LogP contribution in [-0.4, -0.2) is 14.2 Å². The van der Waals surface area contributed by atoms with Crippen molar-refractivity contribution < 1.29 is 14.2 Å². The highest BCUT2D eigenvalue weighted by molar-refractivity contribution is 5.64. The van der Waals surface area contributed by atoms with Crippen LogP contribution in [-0.2, 0) is 4.74 Å². The maximum atomic E-state index is 6.04. The molecule has 2 aromatic carbocycles. The molecule has 1 unspecified atom stereocenters. The van der Waals surface area contributed by atoms with Gasteiger partial charge in [-0.15, -0.1) is 0 Å². The van der Waals surface area contributed by atoms with E-state index in [2.05, 4.69) is 12.1 Å². The van der Waals surface area contributed by atoms with E-state index in [9.17, 15) is 0 Å². The fraction of sp³-hybridized carbons (Fsp3) is 0.222. The second kappa shape index (κ2) is 5.52. The second-order valence-corrected chi connectivity index (χ2v) is 5.00. The second-order valence-electron chi connectivity index (χ2n) is 5.00. The van der Waals surface area contributed by atoms with Crippen LogP contribution in [0, 0.1) is 0 Å². The number of allylic oxidation sites excluding steroid dienone is 1. The van der Waals surface area contributed by atoms with Crippen LogP contribution in [0.5, 0.6) is 11.5 Å². The number of hydrogen-bond donors (Lipinski definition) is 0. The predicted octanol–water partition coefficient (Wildman–Crippen LogP) is 4.18. The number of rotatable bonds is 3. The Morgan fingerprint density at radius 3 is 2.29 bits per heavy atom. The quantitative estimate of drug-likeness (QED) is 0.845. The molecule has 1 atom stereocenters. The lowest BCUT2D eigenvalue weighted by atomic mass is 9.93. The lowest BCUT2D eigenvalue weighted by Crippen LogP contribution is -2.11. The van der Waals surface area contributed by atoms with Crippen LogP contribution in [0.15, 0.2) is 48.2 Å². The van der Waals surface area contributed by atoms with Crippen molar-refractivity contribution in [2.24, 2.45) is 0 Å². The average molecular weight is 282 g/mol. The molecule has 21 heavy (non-hydrogen) atoms. The molecule has 3 heteroatoms. The van der Waals surface area contributed by atoms with E-state index in [-0.39, 0.29) is 6.10 Å². The van der Waals surface area contributed by atoms with Crippen molar-refractivity contribution in [3.63, 3.8) is 0 Å². The summed E-state index contributed by atoms with van der Waals surface area (Å²) in [4.78, 5) is 0. The van der Waals surface area contributed by atoms with Gasteiger partial charge in [-0.3, -0.25) is 0 Å². The lowest BCUT2D eigenvalue weighted by Gasteiger charge is -2.27. The topological polar surface area (TPSA) is 27.7 Å². The smallest absolute Gasteiger partial charge is 0.161 e. The molecule has 0 spiro atoms. The van der Waals surface area contributed by atoms with Crippen LogP contribution in [0.3, 0.4) is 0 Å². The average Bonchev–Trinajstić information content (AvgIpc) is 2.53. The van der Waals surface area contributed by atoms with Gasteiger partial charge in [0.2, 0.25) is 0 Å². The number of hydrogen-bond acceptors (Lipinski definition) is 3. The Bertz CT molecular complexity index is 674. The van der Waals surface area contributed by atoms with Crippen molar-refractivity contribution in [3.8, 4) is 11.5 Å². The summed E-state index contributed by atoms with van der Waals surface area (Å²) >= 11 is 0. The number of fused-ring (bicyclic) bond motifs is 1. The highest BCUT2D eigenvalue weighted by Gasteiger charge is 2.25. The summed E-state index contributed by atoms with van der Waals surface area (Å²) in [6, 6.07) is 14.2. The molecule has 2 aromatic rings. The number of benzene rings is 2. The Labute approximate surface area is 124 Å². The zero-order valence-corrected chi connectivity index (χ0v) is 12.4. The molecule has 0 radical (unpaired) electrons. The van der Waals surface area contributed by atoms with Crippen molar-refractivity contribution in [2.75, 3.05) is 14.2 Å². The minimum Gasteiger partial charge on any atom is -0.493 e. The summed E-state index contributed by atoms with van der Waals surface area (Å²) in [5.41, 5.74) is 3.31. The maximum absolute atomic E-state index is 6.04. The van der Waals surface area contributed by atoms with Gasteiger partial charge in [-0.05, 0) is 36.3 Å². The van der Waals surface area contributed by atoms with E-state index in [1.54, 1.807) is 14.2 Å². The first-order valence-corrected chi connectivity index (χ1v) is 6.88. The van der Waals surface area contributed by atoms with Gasteiger partial charge in [-0.2, -0.15) is 0 Å². The number of methoxy groups -OCH3 is 2. The third-order valence-corrected chi connectivity index (χ3v) is 3.64. The van der Waals surface area contributed by atoms with Gasteiger partial charge in [-0.1, -0.05) is 30.3 Å². The summed E-state index contributed by atoms with van der Waals surface area (Å²) in [5, 5.41) is 0. The van der Waals surface area contributed by atoms with Gasteiger partial charge in [0.1, 0.15) is 6.10 Å². The Morgan fingerprint density at radius 1 is 0.952 bits per heavy atom. The van der Waals surface area contributed by atoms with Crippen molar-refractivity contribution >= 4 is 6.08 Å². The largest absolute Gasteiger partial charge is 0.493 e. The van der Waals surface area contributed by atoms with Gasteiger partial charge >= 0.3 is 0 Å². The summed E-state index contributed by atoms with van der Waals surface area (Å²) in [6.45, 7) is 1.97. The highest BCUT2D eigenvalue weighted by Crippen LogP contribution is 2.41.